The molecule has 336 valence electrons. The number of aryl methyl sites for hydroxylation is 1. The number of fused-ring (bicyclic) bond motifs is 2. The first kappa shape index (κ1) is 43.4. The number of carbonyl (C=O) groups excluding carboxylic acids is 1. The first-order valence-corrected chi connectivity index (χ1v) is 24.6. The zero-order chi connectivity index (χ0) is 46.2. The summed E-state index contributed by atoms with van der Waals surface area (Å²) in [6.45, 7) is 5.47. The quantitative estimate of drug-likeness (QED) is 0.0922. The zero-order valence-electron chi connectivity index (χ0n) is 38.3. The van der Waals surface area contributed by atoms with Gasteiger partial charge in [-0.05, 0) is 106 Å². The average Bonchev–Trinajstić information content (AvgIpc) is 4.16. The Labute approximate surface area is 402 Å². The summed E-state index contributed by atoms with van der Waals surface area (Å²) in [5, 5.41) is 4.49. The molecular weight excluding hydrogens is 855 g/mol. The van der Waals surface area contributed by atoms with Crippen molar-refractivity contribution in [1.82, 2.24) is 14.6 Å². The highest BCUT2D eigenvalue weighted by Crippen LogP contribution is 2.51. The van der Waals surface area contributed by atoms with Crippen LogP contribution in [0.25, 0.3) is 16.0 Å². The second-order valence-corrected chi connectivity index (χ2v) is 19.2. The van der Waals surface area contributed by atoms with Crippen LogP contribution in [0.3, 0.4) is 0 Å². The molecule has 1 aliphatic heterocycles. The number of benzene rings is 6. The zero-order valence-corrected chi connectivity index (χ0v) is 39.2. The van der Waals surface area contributed by atoms with E-state index < -0.39 is 17.0 Å². The fraction of sp³-hybridized carbons (Fsp3) is 0.180. The number of carbonyl (C=O) groups is 1. The van der Waals surface area contributed by atoms with E-state index in [9.17, 15) is 9.59 Å². The van der Waals surface area contributed by atoms with Gasteiger partial charge in [0.05, 0.1) is 29.2 Å². The van der Waals surface area contributed by atoms with Crippen molar-refractivity contribution in [2.24, 2.45) is 0 Å². The molecule has 4 heterocycles. The summed E-state index contributed by atoms with van der Waals surface area (Å²) in [5.41, 5.74) is 10.7. The van der Waals surface area contributed by atoms with Crippen LogP contribution in [0.1, 0.15) is 97.0 Å². The molecule has 2 aliphatic rings. The molecule has 0 bridgehead atoms. The molecule has 0 radical (unpaired) electrons. The van der Waals surface area contributed by atoms with Gasteiger partial charge in [0.2, 0.25) is 0 Å². The topological polar surface area (TPSA) is 63.1 Å². The summed E-state index contributed by atoms with van der Waals surface area (Å²) in [6, 6.07) is 71.7. The van der Waals surface area contributed by atoms with E-state index in [1.807, 2.05) is 23.6 Å². The lowest BCUT2D eigenvalue weighted by atomic mass is 9.73. The summed E-state index contributed by atoms with van der Waals surface area (Å²) in [7, 11) is 0. The van der Waals surface area contributed by atoms with Crippen LogP contribution < -0.4 is 10.9 Å². The highest BCUT2D eigenvalue weighted by Gasteiger charge is 2.48. The Bertz CT molecular complexity index is 3090. The van der Waals surface area contributed by atoms with Crippen LogP contribution in [0, 0.1) is 6.92 Å². The van der Waals surface area contributed by atoms with Gasteiger partial charge in [-0.1, -0.05) is 182 Å². The molecule has 68 heavy (non-hydrogen) atoms. The van der Waals surface area contributed by atoms with Crippen molar-refractivity contribution in [3.05, 3.63) is 277 Å². The molecule has 1 unspecified atom stereocenters. The Morgan fingerprint density at radius 3 is 1.59 bits per heavy atom. The fourth-order valence-electron chi connectivity index (χ4n) is 11.0. The summed E-state index contributed by atoms with van der Waals surface area (Å²) in [6.07, 6.45) is 3.91. The van der Waals surface area contributed by atoms with Gasteiger partial charge in [0.1, 0.15) is 5.56 Å². The predicted octanol–water partition coefficient (Wildman–Crippen LogP) is 12.8. The number of pyridine rings is 2. The third-order valence-corrected chi connectivity index (χ3v) is 15.5. The van der Waals surface area contributed by atoms with Gasteiger partial charge in [0.25, 0.3) is 5.56 Å². The van der Waals surface area contributed by atoms with E-state index in [-0.39, 0.29) is 29.7 Å². The molecule has 11 rings (SSSR count). The maximum Gasteiger partial charge on any atom is 0.343 e. The fourth-order valence-corrected chi connectivity index (χ4v) is 12.3. The molecule has 1 atom stereocenters. The number of hydrogen-bond acceptors (Lipinski definition) is 6. The van der Waals surface area contributed by atoms with Crippen molar-refractivity contribution in [1.29, 1.82) is 0 Å². The Morgan fingerprint density at radius 1 is 0.662 bits per heavy atom. The Balaban J connectivity index is 1.16. The molecule has 1 fully saturated rings. The van der Waals surface area contributed by atoms with Crippen LogP contribution >= 0.6 is 11.3 Å². The summed E-state index contributed by atoms with van der Waals surface area (Å²) in [5.74, 6) is -0.282. The first-order chi connectivity index (χ1) is 33.4. The van der Waals surface area contributed by atoms with Crippen LogP contribution in [-0.2, 0) is 22.4 Å². The third kappa shape index (κ3) is 7.42. The van der Waals surface area contributed by atoms with Crippen LogP contribution in [0.2, 0.25) is 0 Å². The molecule has 6 aromatic carbocycles. The van der Waals surface area contributed by atoms with Crippen molar-refractivity contribution in [3.63, 3.8) is 0 Å². The Kier molecular flexibility index (Phi) is 11.6. The van der Waals surface area contributed by atoms with E-state index in [0.717, 1.165) is 56.6 Å². The van der Waals surface area contributed by atoms with Gasteiger partial charge >= 0.3 is 5.97 Å². The van der Waals surface area contributed by atoms with Gasteiger partial charge in [-0.15, -0.1) is 11.3 Å². The van der Waals surface area contributed by atoms with Gasteiger partial charge in [0, 0.05) is 29.0 Å². The van der Waals surface area contributed by atoms with E-state index in [4.69, 9.17) is 4.74 Å². The molecule has 1 saturated carbocycles. The molecular formula is C61H53N3O3S. The number of ether oxygens (including phenoxy) is 1. The maximum absolute atomic E-state index is 14.1. The second kappa shape index (κ2) is 18.1. The summed E-state index contributed by atoms with van der Waals surface area (Å²) >= 11 is 1.84. The van der Waals surface area contributed by atoms with E-state index in [0.29, 0.717) is 13.1 Å². The van der Waals surface area contributed by atoms with E-state index in [1.54, 1.807) is 11.3 Å². The molecule has 1 N–H and O–H groups in total. The number of esters is 1. The molecule has 3 aromatic heterocycles. The number of rotatable bonds is 13. The van der Waals surface area contributed by atoms with E-state index in [2.05, 4.69) is 211 Å². The number of nitrogens with one attached hydrogen (secondary N) is 1. The van der Waals surface area contributed by atoms with Gasteiger partial charge in [-0.3, -0.25) is 19.4 Å². The number of hydrogen-bond donors (Lipinski definition) is 1. The molecule has 0 saturated heterocycles. The van der Waals surface area contributed by atoms with E-state index >= 15 is 0 Å². The number of thiophene rings is 1. The maximum atomic E-state index is 14.1. The summed E-state index contributed by atoms with van der Waals surface area (Å²) in [4.78, 5) is 32.3. The number of nitrogens with zero attached hydrogens (tertiary/aromatic N) is 2. The minimum atomic E-state index is -0.746. The van der Waals surface area contributed by atoms with Crippen molar-refractivity contribution in [2.45, 2.75) is 56.3 Å². The standard InChI is InChI=1S/C61H53N3O3S/c1-3-67-59(66)53-39-52(43-34-35-43)56-42(2)51(36-37-64(56)58(53)65)55-38-44-40-63(61(48-28-16-7-17-29-48,49-30-18-8-19-31-49)50-32-20-9-21-33-50)41-54(57(44)68-55)62-60(45-22-10-4-11-23-45,46-24-12-5-13-25-46)47-26-14-6-15-27-47/h4-33,36-39,43,54,62H,3,34-35,40-41H2,1-2H3. The summed E-state index contributed by atoms with van der Waals surface area (Å²) < 4.78 is 7.05. The van der Waals surface area contributed by atoms with Crippen molar-refractivity contribution < 1.29 is 9.53 Å². The van der Waals surface area contributed by atoms with Gasteiger partial charge < -0.3 is 4.74 Å². The number of aromatic nitrogens is 1. The average molecular weight is 908 g/mol. The largest absolute Gasteiger partial charge is 0.462 e. The van der Waals surface area contributed by atoms with Gasteiger partial charge in [-0.2, -0.15) is 0 Å². The molecule has 1 aliphatic carbocycles. The molecule has 0 spiro atoms. The lowest BCUT2D eigenvalue weighted by Gasteiger charge is -2.50. The Morgan fingerprint density at radius 2 is 1.13 bits per heavy atom. The molecule has 9 aromatic rings. The predicted molar refractivity (Wildman–Crippen MR) is 274 cm³/mol. The van der Waals surface area contributed by atoms with Crippen molar-refractivity contribution >= 4 is 22.8 Å². The lowest BCUT2D eigenvalue weighted by molar-refractivity contribution is 0.0524. The van der Waals surface area contributed by atoms with Gasteiger partial charge in [-0.25, -0.2) is 4.79 Å². The minimum absolute atomic E-state index is 0.0939. The monoisotopic (exact) mass is 907 g/mol. The molecule has 0 amide bonds. The normalized spacial score (nSPS) is 15.2. The Hall–Kier alpha value is -7.16. The van der Waals surface area contributed by atoms with Crippen LogP contribution in [0.4, 0.5) is 0 Å². The second-order valence-electron chi connectivity index (χ2n) is 18.1. The van der Waals surface area contributed by atoms with Crippen LogP contribution in [0.15, 0.2) is 211 Å². The van der Waals surface area contributed by atoms with Crippen LogP contribution in [0.5, 0.6) is 0 Å². The van der Waals surface area contributed by atoms with Crippen LogP contribution in [-0.4, -0.2) is 28.4 Å². The highest BCUT2D eigenvalue weighted by atomic mass is 32.1. The lowest BCUT2D eigenvalue weighted by Crippen LogP contribution is -2.55. The minimum Gasteiger partial charge on any atom is -0.462 e. The molecule has 7 heteroatoms. The third-order valence-electron chi connectivity index (χ3n) is 14.2. The highest BCUT2D eigenvalue weighted by molar-refractivity contribution is 7.15. The van der Waals surface area contributed by atoms with Crippen molar-refractivity contribution in [3.8, 4) is 10.4 Å². The smallest absolute Gasteiger partial charge is 0.343 e. The SMILES string of the molecule is CCOC(=O)c1cc(C2CC2)c2c(C)c(-c3cc4c(s3)C(NC(c3ccccc3)(c3ccccc3)c3ccccc3)CN(C(c3ccccc3)(c3ccccc3)c3ccccc3)C4)ccn2c1=O. The van der Waals surface area contributed by atoms with Crippen molar-refractivity contribution in [2.75, 3.05) is 13.2 Å². The molecule has 6 nitrogen and oxygen atoms in total. The van der Waals surface area contributed by atoms with E-state index in [1.165, 1.54) is 27.1 Å². The first-order valence-electron chi connectivity index (χ1n) is 23.8. The van der Waals surface area contributed by atoms with Gasteiger partial charge in [0.15, 0.2) is 0 Å².